The summed E-state index contributed by atoms with van der Waals surface area (Å²) in [4.78, 5) is 14.1. The zero-order valence-corrected chi connectivity index (χ0v) is 20.8. The van der Waals surface area contributed by atoms with Crippen LogP contribution in [0.3, 0.4) is 0 Å². The molecule has 1 fully saturated rings. The lowest BCUT2D eigenvalue weighted by atomic mass is 9.95. The van der Waals surface area contributed by atoms with Gasteiger partial charge in [0.1, 0.15) is 16.8 Å². The molecule has 34 heavy (non-hydrogen) atoms. The predicted molar refractivity (Wildman–Crippen MR) is 135 cm³/mol. The minimum absolute atomic E-state index is 0.126. The molecule has 0 atom stereocenters. The van der Waals surface area contributed by atoms with Gasteiger partial charge >= 0.3 is 0 Å². The first kappa shape index (κ1) is 22.9. The van der Waals surface area contributed by atoms with Crippen molar-refractivity contribution in [1.82, 2.24) is 14.8 Å². The zero-order chi connectivity index (χ0) is 23.5. The van der Waals surface area contributed by atoms with Crippen molar-refractivity contribution in [3.8, 4) is 23.2 Å². The lowest BCUT2D eigenvalue weighted by Crippen LogP contribution is -2.17. The number of thioether (sulfide) groups is 1. The molecule has 0 aliphatic heterocycles. The number of ether oxygens (including phenoxy) is 1. The topological polar surface area (TPSA) is 92.8 Å². The van der Waals surface area contributed by atoms with Gasteiger partial charge < -0.3 is 10.1 Å². The number of aromatic nitrogens is 3. The number of benzene rings is 1. The second-order valence-corrected chi connectivity index (χ2v) is 10.7. The number of aryl methyl sites for hydroxylation is 1. The van der Waals surface area contributed by atoms with Crippen LogP contribution in [-0.2, 0) is 17.6 Å². The fraction of sp³-hybridized carbons (Fsp3) is 0.440. The maximum absolute atomic E-state index is 12.8. The summed E-state index contributed by atoms with van der Waals surface area (Å²) in [6, 6.07) is 10.4. The fourth-order valence-corrected chi connectivity index (χ4v) is 7.02. The lowest BCUT2D eigenvalue weighted by molar-refractivity contribution is -0.113. The highest BCUT2D eigenvalue weighted by Crippen LogP contribution is 2.40. The molecular formula is C25H27N5O2S2. The SMILES string of the molecule is COc1ccccc1-c1nnc(SCC(=O)Nc2sc3c(c2C#N)CCC3)n1C1CCCCC1. The predicted octanol–water partition coefficient (Wildman–Crippen LogP) is 5.61. The molecule has 0 saturated heterocycles. The van der Waals surface area contributed by atoms with E-state index in [9.17, 15) is 10.1 Å². The second-order valence-electron chi connectivity index (χ2n) is 8.68. The fourth-order valence-electron chi connectivity index (χ4n) is 4.96. The summed E-state index contributed by atoms with van der Waals surface area (Å²) < 4.78 is 7.79. The summed E-state index contributed by atoms with van der Waals surface area (Å²) in [7, 11) is 1.66. The first-order valence-corrected chi connectivity index (χ1v) is 13.6. The Morgan fingerprint density at radius 1 is 1.24 bits per heavy atom. The number of para-hydroxylation sites is 1. The Kier molecular flexibility index (Phi) is 6.88. The van der Waals surface area contributed by atoms with Gasteiger partial charge in [0.2, 0.25) is 5.91 Å². The zero-order valence-electron chi connectivity index (χ0n) is 19.2. The van der Waals surface area contributed by atoms with Gasteiger partial charge in [-0.25, -0.2) is 0 Å². The van der Waals surface area contributed by atoms with Crippen LogP contribution in [0.2, 0.25) is 0 Å². The summed E-state index contributed by atoms with van der Waals surface area (Å²) in [5, 5.41) is 23.0. The Hall–Kier alpha value is -2.83. The number of nitrogens with zero attached hydrogens (tertiary/aromatic N) is 4. The van der Waals surface area contributed by atoms with Gasteiger partial charge in [-0.05, 0) is 49.8 Å². The van der Waals surface area contributed by atoms with Crippen LogP contribution >= 0.6 is 23.1 Å². The molecule has 9 heteroatoms. The molecule has 2 aliphatic carbocycles. The van der Waals surface area contributed by atoms with E-state index in [0.29, 0.717) is 16.6 Å². The average Bonchev–Trinajstić information content (AvgIpc) is 3.57. The molecule has 176 valence electrons. The van der Waals surface area contributed by atoms with Crippen LogP contribution in [-0.4, -0.2) is 33.5 Å². The molecule has 0 unspecified atom stereocenters. The maximum Gasteiger partial charge on any atom is 0.235 e. The molecule has 2 heterocycles. The van der Waals surface area contributed by atoms with Crippen molar-refractivity contribution >= 4 is 34.0 Å². The van der Waals surface area contributed by atoms with Crippen molar-refractivity contribution in [2.45, 2.75) is 62.6 Å². The quantitative estimate of drug-likeness (QED) is 0.430. The van der Waals surface area contributed by atoms with Gasteiger partial charge in [-0.15, -0.1) is 21.5 Å². The lowest BCUT2D eigenvalue weighted by Gasteiger charge is -2.26. The standard InChI is InChI=1S/C25H27N5O2S2/c1-32-20-12-6-5-10-18(20)23-28-29-25(30(23)16-8-3-2-4-9-16)33-15-22(31)27-24-19(14-26)17-11-7-13-21(17)34-24/h5-6,10,12,16H,2-4,7-9,11,13,15H2,1H3,(H,27,31). The molecular weight excluding hydrogens is 466 g/mol. The maximum atomic E-state index is 12.8. The number of amides is 1. The highest BCUT2D eigenvalue weighted by Gasteiger charge is 2.26. The monoisotopic (exact) mass is 493 g/mol. The number of hydrogen-bond donors (Lipinski definition) is 1. The van der Waals surface area contributed by atoms with Crippen molar-refractivity contribution in [1.29, 1.82) is 5.26 Å². The van der Waals surface area contributed by atoms with Crippen molar-refractivity contribution in [3.63, 3.8) is 0 Å². The Balaban J connectivity index is 1.37. The van der Waals surface area contributed by atoms with Crippen molar-refractivity contribution in [3.05, 3.63) is 40.3 Å². The number of methoxy groups -OCH3 is 1. The van der Waals surface area contributed by atoms with Gasteiger partial charge in [0.25, 0.3) is 0 Å². The Morgan fingerprint density at radius 2 is 2.06 bits per heavy atom. The van der Waals surface area contributed by atoms with E-state index in [0.717, 1.165) is 60.0 Å². The van der Waals surface area contributed by atoms with Crippen molar-refractivity contribution in [2.75, 3.05) is 18.2 Å². The van der Waals surface area contributed by atoms with Crippen LogP contribution in [0.25, 0.3) is 11.4 Å². The van der Waals surface area contributed by atoms with E-state index >= 15 is 0 Å². The summed E-state index contributed by atoms with van der Waals surface area (Å²) >= 11 is 2.94. The Labute approximate surface area is 207 Å². The smallest absolute Gasteiger partial charge is 0.235 e. The second kappa shape index (κ2) is 10.2. The van der Waals surface area contributed by atoms with E-state index in [1.54, 1.807) is 18.4 Å². The highest BCUT2D eigenvalue weighted by atomic mass is 32.2. The molecule has 1 amide bonds. The number of fused-ring (bicyclic) bond motifs is 1. The summed E-state index contributed by atoms with van der Waals surface area (Å²) in [6.07, 6.45) is 8.77. The third-order valence-corrected chi connectivity index (χ3v) is 8.72. The molecule has 5 rings (SSSR count). The van der Waals surface area contributed by atoms with Crippen LogP contribution in [0.4, 0.5) is 5.00 Å². The highest BCUT2D eigenvalue weighted by molar-refractivity contribution is 7.99. The van der Waals surface area contributed by atoms with E-state index in [1.807, 2.05) is 24.3 Å². The van der Waals surface area contributed by atoms with E-state index in [4.69, 9.17) is 4.74 Å². The molecule has 3 aromatic rings. The first-order chi connectivity index (χ1) is 16.7. The number of carbonyl (C=O) groups excluding carboxylic acids is 1. The third-order valence-electron chi connectivity index (χ3n) is 6.57. The molecule has 1 saturated carbocycles. The Morgan fingerprint density at radius 3 is 2.85 bits per heavy atom. The minimum Gasteiger partial charge on any atom is -0.496 e. The summed E-state index contributed by atoms with van der Waals surface area (Å²) in [6.45, 7) is 0. The number of anilines is 1. The van der Waals surface area contributed by atoms with Gasteiger partial charge in [0.05, 0.1) is 24.0 Å². The molecule has 2 aromatic heterocycles. The van der Waals surface area contributed by atoms with Gasteiger partial charge in [-0.3, -0.25) is 9.36 Å². The number of thiophene rings is 1. The van der Waals surface area contributed by atoms with Crippen molar-refractivity contribution in [2.24, 2.45) is 0 Å². The molecule has 1 aromatic carbocycles. The van der Waals surface area contributed by atoms with Crippen LogP contribution < -0.4 is 10.1 Å². The van der Waals surface area contributed by atoms with Gasteiger partial charge in [0, 0.05) is 10.9 Å². The van der Waals surface area contributed by atoms with E-state index in [1.165, 1.54) is 35.9 Å². The molecule has 0 spiro atoms. The number of nitrogens with one attached hydrogen (secondary N) is 1. The van der Waals surface area contributed by atoms with Crippen LogP contribution in [0.15, 0.2) is 29.4 Å². The molecule has 0 bridgehead atoms. The van der Waals surface area contributed by atoms with Crippen molar-refractivity contribution < 1.29 is 9.53 Å². The Bertz CT molecular complexity index is 1240. The number of hydrogen-bond acceptors (Lipinski definition) is 7. The third kappa shape index (κ3) is 4.44. The summed E-state index contributed by atoms with van der Waals surface area (Å²) in [5.41, 5.74) is 2.67. The summed E-state index contributed by atoms with van der Waals surface area (Å²) in [5.74, 6) is 1.63. The minimum atomic E-state index is -0.126. The van der Waals surface area contributed by atoms with Gasteiger partial charge in [0.15, 0.2) is 11.0 Å². The molecule has 1 N–H and O–H groups in total. The number of nitriles is 1. The first-order valence-electron chi connectivity index (χ1n) is 11.7. The molecule has 0 radical (unpaired) electrons. The van der Waals surface area contributed by atoms with Crippen LogP contribution in [0.1, 0.15) is 60.6 Å². The van der Waals surface area contributed by atoms with Gasteiger partial charge in [-0.1, -0.05) is 43.2 Å². The van der Waals surface area contributed by atoms with Gasteiger partial charge in [-0.2, -0.15) is 5.26 Å². The van der Waals surface area contributed by atoms with E-state index in [-0.39, 0.29) is 11.7 Å². The van der Waals surface area contributed by atoms with Crippen LogP contribution in [0.5, 0.6) is 5.75 Å². The molecule has 7 nitrogen and oxygen atoms in total. The van der Waals surface area contributed by atoms with E-state index < -0.39 is 0 Å². The number of rotatable bonds is 7. The average molecular weight is 494 g/mol. The number of carbonyl (C=O) groups is 1. The largest absolute Gasteiger partial charge is 0.496 e. The van der Waals surface area contributed by atoms with Crippen LogP contribution in [0, 0.1) is 11.3 Å². The van der Waals surface area contributed by atoms with E-state index in [2.05, 4.69) is 26.2 Å². The molecule has 2 aliphatic rings. The normalized spacial score (nSPS) is 15.6.